The SMILES string of the molecule is CCCNC(C)c1cccnc1N(CCO)C(C)C. The molecule has 0 saturated carbocycles. The Hall–Kier alpha value is -1.13. The van der Waals surface area contributed by atoms with Crippen LogP contribution in [0.1, 0.15) is 45.7 Å². The summed E-state index contributed by atoms with van der Waals surface area (Å²) in [6.45, 7) is 10.3. The van der Waals surface area contributed by atoms with Crippen molar-refractivity contribution in [2.75, 3.05) is 24.6 Å². The predicted molar refractivity (Wildman–Crippen MR) is 80.5 cm³/mol. The molecule has 1 aromatic rings. The maximum Gasteiger partial charge on any atom is 0.133 e. The average Bonchev–Trinajstić information content (AvgIpc) is 2.42. The fourth-order valence-corrected chi connectivity index (χ4v) is 2.17. The molecule has 2 N–H and O–H groups in total. The molecule has 4 heteroatoms. The van der Waals surface area contributed by atoms with Gasteiger partial charge < -0.3 is 15.3 Å². The molecule has 0 aliphatic rings. The van der Waals surface area contributed by atoms with Gasteiger partial charge in [0, 0.05) is 30.4 Å². The molecule has 0 bridgehead atoms. The van der Waals surface area contributed by atoms with E-state index in [9.17, 15) is 5.11 Å². The minimum Gasteiger partial charge on any atom is -0.395 e. The van der Waals surface area contributed by atoms with Gasteiger partial charge in [0.05, 0.1) is 6.61 Å². The lowest BCUT2D eigenvalue weighted by molar-refractivity contribution is 0.298. The first-order valence-corrected chi connectivity index (χ1v) is 7.17. The summed E-state index contributed by atoms with van der Waals surface area (Å²) in [4.78, 5) is 6.68. The van der Waals surface area contributed by atoms with Crippen LogP contribution in [-0.2, 0) is 0 Å². The van der Waals surface area contributed by atoms with Crippen molar-refractivity contribution in [3.8, 4) is 0 Å². The molecule has 0 saturated heterocycles. The summed E-state index contributed by atoms with van der Waals surface area (Å²) < 4.78 is 0. The molecule has 1 atom stereocenters. The van der Waals surface area contributed by atoms with Gasteiger partial charge in [-0.15, -0.1) is 0 Å². The van der Waals surface area contributed by atoms with E-state index in [2.05, 4.69) is 49.0 Å². The van der Waals surface area contributed by atoms with Gasteiger partial charge in [-0.1, -0.05) is 13.0 Å². The average molecular weight is 265 g/mol. The zero-order valence-corrected chi connectivity index (χ0v) is 12.6. The molecule has 0 amide bonds. The van der Waals surface area contributed by atoms with Crippen molar-refractivity contribution in [3.63, 3.8) is 0 Å². The third kappa shape index (κ3) is 4.48. The van der Waals surface area contributed by atoms with E-state index in [1.54, 1.807) is 0 Å². The van der Waals surface area contributed by atoms with Gasteiger partial charge in [-0.05, 0) is 39.8 Å². The normalized spacial score (nSPS) is 12.7. The van der Waals surface area contributed by atoms with Gasteiger partial charge >= 0.3 is 0 Å². The van der Waals surface area contributed by atoms with Crippen molar-refractivity contribution >= 4 is 5.82 Å². The number of hydrogen-bond acceptors (Lipinski definition) is 4. The Morgan fingerprint density at radius 2 is 2.11 bits per heavy atom. The Morgan fingerprint density at radius 1 is 1.37 bits per heavy atom. The van der Waals surface area contributed by atoms with E-state index in [1.165, 1.54) is 5.56 Å². The molecule has 0 aromatic carbocycles. The van der Waals surface area contributed by atoms with Crippen LogP contribution in [0.25, 0.3) is 0 Å². The highest BCUT2D eigenvalue weighted by Gasteiger charge is 2.18. The van der Waals surface area contributed by atoms with Crippen molar-refractivity contribution in [2.45, 2.75) is 46.2 Å². The van der Waals surface area contributed by atoms with Crippen LogP contribution >= 0.6 is 0 Å². The number of aliphatic hydroxyl groups excluding tert-OH is 1. The van der Waals surface area contributed by atoms with Crippen LogP contribution in [0.2, 0.25) is 0 Å². The van der Waals surface area contributed by atoms with Crippen molar-refractivity contribution in [2.24, 2.45) is 0 Å². The Bertz CT molecular complexity index is 368. The van der Waals surface area contributed by atoms with Crippen LogP contribution < -0.4 is 10.2 Å². The number of anilines is 1. The highest BCUT2D eigenvalue weighted by atomic mass is 16.3. The number of nitrogens with zero attached hydrogens (tertiary/aromatic N) is 2. The fraction of sp³-hybridized carbons (Fsp3) is 0.667. The molecule has 0 aliphatic carbocycles. The third-order valence-corrected chi connectivity index (χ3v) is 3.22. The minimum absolute atomic E-state index is 0.144. The monoisotopic (exact) mass is 265 g/mol. The Morgan fingerprint density at radius 3 is 2.68 bits per heavy atom. The van der Waals surface area contributed by atoms with Crippen LogP contribution in [0.4, 0.5) is 5.82 Å². The molecule has 0 aliphatic heterocycles. The Balaban J connectivity index is 2.98. The zero-order chi connectivity index (χ0) is 14.3. The van der Waals surface area contributed by atoms with Crippen LogP contribution in [0, 0.1) is 0 Å². The fourth-order valence-electron chi connectivity index (χ4n) is 2.17. The molecule has 1 aromatic heterocycles. The highest BCUT2D eigenvalue weighted by Crippen LogP contribution is 2.25. The molecule has 0 radical (unpaired) electrons. The highest BCUT2D eigenvalue weighted by molar-refractivity contribution is 5.49. The van der Waals surface area contributed by atoms with Crippen molar-refractivity contribution in [1.82, 2.24) is 10.3 Å². The van der Waals surface area contributed by atoms with E-state index in [-0.39, 0.29) is 12.6 Å². The summed E-state index contributed by atoms with van der Waals surface area (Å²) in [6, 6.07) is 4.67. The molecular weight excluding hydrogens is 238 g/mol. The second-order valence-corrected chi connectivity index (χ2v) is 5.10. The third-order valence-electron chi connectivity index (χ3n) is 3.22. The lowest BCUT2D eigenvalue weighted by atomic mass is 10.1. The second-order valence-electron chi connectivity index (χ2n) is 5.10. The number of pyridine rings is 1. The molecule has 19 heavy (non-hydrogen) atoms. The summed E-state index contributed by atoms with van der Waals surface area (Å²) in [6.07, 6.45) is 2.93. The van der Waals surface area contributed by atoms with Gasteiger partial charge in [0.25, 0.3) is 0 Å². The molecule has 4 nitrogen and oxygen atoms in total. The maximum atomic E-state index is 9.23. The first-order chi connectivity index (χ1) is 9.11. The van der Waals surface area contributed by atoms with Crippen LogP contribution in [-0.4, -0.2) is 35.8 Å². The molecule has 1 rings (SSSR count). The van der Waals surface area contributed by atoms with Gasteiger partial charge in [0.1, 0.15) is 5.82 Å². The van der Waals surface area contributed by atoms with Crippen molar-refractivity contribution in [1.29, 1.82) is 0 Å². The quantitative estimate of drug-likeness (QED) is 0.757. The van der Waals surface area contributed by atoms with Gasteiger partial charge in [0.2, 0.25) is 0 Å². The van der Waals surface area contributed by atoms with E-state index in [1.807, 2.05) is 12.3 Å². The van der Waals surface area contributed by atoms with Crippen molar-refractivity contribution in [3.05, 3.63) is 23.9 Å². The first-order valence-electron chi connectivity index (χ1n) is 7.17. The minimum atomic E-state index is 0.144. The number of hydrogen-bond donors (Lipinski definition) is 2. The second kappa shape index (κ2) is 8.12. The Labute approximate surface area is 116 Å². The predicted octanol–water partition coefficient (Wildman–Crippen LogP) is 2.35. The van der Waals surface area contributed by atoms with Crippen LogP contribution in [0.3, 0.4) is 0 Å². The first kappa shape index (κ1) is 15.9. The number of rotatable bonds is 8. The van der Waals surface area contributed by atoms with E-state index in [0.29, 0.717) is 12.6 Å². The van der Waals surface area contributed by atoms with Crippen LogP contribution in [0.15, 0.2) is 18.3 Å². The smallest absolute Gasteiger partial charge is 0.133 e. The molecule has 0 fully saturated rings. The molecule has 1 unspecified atom stereocenters. The summed E-state index contributed by atoms with van der Waals surface area (Å²) in [5, 5.41) is 12.7. The molecular formula is C15H27N3O. The number of nitrogens with one attached hydrogen (secondary N) is 1. The van der Waals surface area contributed by atoms with Gasteiger partial charge in [-0.2, -0.15) is 0 Å². The zero-order valence-electron chi connectivity index (χ0n) is 12.6. The molecule has 1 heterocycles. The Kier molecular flexibility index (Phi) is 6.81. The van der Waals surface area contributed by atoms with Crippen molar-refractivity contribution < 1.29 is 5.11 Å². The largest absolute Gasteiger partial charge is 0.395 e. The molecule has 108 valence electrons. The molecule has 0 spiro atoms. The summed E-state index contributed by atoms with van der Waals surface area (Å²) in [7, 11) is 0. The lowest BCUT2D eigenvalue weighted by Gasteiger charge is -2.30. The standard InChI is InChI=1S/C15H27N3O/c1-5-8-16-13(4)14-7-6-9-17-15(14)18(10-11-19)12(2)3/h6-7,9,12-13,16,19H,5,8,10-11H2,1-4H3. The van der Waals surface area contributed by atoms with E-state index in [0.717, 1.165) is 18.8 Å². The summed E-state index contributed by atoms with van der Waals surface area (Å²) in [5.41, 5.74) is 1.19. The lowest BCUT2D eigenvalue weighted by Crippen LogP contribution is -2.35. The van der Waals surface area contributed by atoms with E-state index in [4.69, 9.17) is 0 Å². The topological polar surface area (TPSA) is 48.4 Å². The van der Waals surface area contributed by atoms with Gasteiger partial charge in [-0.3, -0.25) is 0 Å². The van der Waals surface area contributed by atoms with Gasteiger partial charge in [0.15, 0.2) is 0 Å². The van der Waals surface area contributed by atoms with E-state index >= 15 is 0 Å². The number of aliphatic hydroxyl groups is 1. The summed E-state index contributed by atoms with van der Waals surface area (Å²) >= 11 is 0. The van der Waals surface area contributed by atoms with Gasteiger partial charge in [-0.25, -0.2) is 4.98 Å². The van der Waals surface area contributed by atoms with Crippen LogP contribution in [0.5, 0.6) is 0 Å². The maximum absolute atomic E-state index is 9.23. The number of aromatic nitrogens is 1. The summed E-state index contributed by atoms with van der Waals surface area (Å²) in [5.74, 6) is 0.975. The van der Waals surface area contributed by atoms with E-state index < -0.39 is 0 Å².